The summed E-state index contributed by atoms with van der Waals surface area (Å²) < 4.78 is 0. The van der Waals surface area contributed by atoms with Crippen LogP contribution in [0, 0.1) is 13.8 Å². The van der Waals surface area contributed by atoms with Gasteiger partial charge in [0.05, 0.1) is 9.90 Å². The zero-order valence-corrected chi connectivity index (χ0v) is 10.7. The highest BCUT2D eigenvalue weighted by Crippen LogP contribution is 2.26. The van der Waals surface area contributed by atoms with E-state index in [-0.39, 0.29) is 5.78 Å². The van der Waals surface area contributed by atoms with Crippen molar-refractivity contribution in [2.45, 2.75) is 13.8 Å². The first-order valence-electron chi connectivity index (χ1n) is 4.95. The Morgan fingerprint density at radius 1 is 1.19 bits per heavy atom. The zero-order chi connectivity index (χ0) is 11.7. The molecule has 0 saturated heterocycles. The van der Waals surface area contributed by atoms with Gasteiger partial charge in [0.1, 0.15) is 0 Å². The molecule has 0 spiro atoms. The van der Waals surface area contributed by atoms with Gasteiger partial charge in [-0.1, -0.05) is 23.7 Å². The molecule has 0 aliphatic rings. The van der Waals surface area contributed by atoms with E-state index in [9.17, 15) is 4.79 Å². The number of hydrogen-bond acceptors (Lipinski definition) is 2. The Morgan fingerprint density at radius 3 is 2.56 bits per heavy atom. The molecule has 0 saturated carbocycles. The summed E-state index contributed by atoms with van der Waals surface area (Å²) in [5.74, 6) is 0.0150. The van der Waals surface area contributed by atoms with Crippen LogP contribution < -0.4 is 0 Å². The van der Waals surface area contributed by atoms with Crippen LogP contribution >= 0.6 is 22.9 Å². The monoisotopic (exact) mass is 250 g/mol. The van der Waals surface area contributed by atoms with Crippen molar-refractivity contribution in [3.63, 3.8) is 0 Å². The molecule has 0 amide bonds. The van der Waals surface area contributed by atoms with E-state index in [0.717, 1.165) is 16.0 Å². The van der Waals surface area contributed by atoms with Gasteiger partial charge in [0.2, 0.25) is 5.78 Å². The smallest absolute Gasteiger partial charge is 0.204 e. The van der Waals surface area contributed by atoms with Gasteiger partial charge in [-0.05, 0) is 42.5 Å². The second-order valence-corrected chi connectivity index (χ2v) is 4.99. The first-order valence-corrected chi connectivity index (χ1v) is 6.21. The minimum Gasteiger partial charge on any atom is -0.288 e. The summed E-state index contributed by atoms with van der Waals surface area (Å²) in [4.78, 5) is 13.0. The molecule has 0 atom stereocenters. The summed E-state index contributed by atoms with van der Waals surface area (Å²) >= 11 is 7.60. The molecule has 1 nitrogen and oxygen atoms in total. The average molecular weight is 251 g/mol. The standard InChI is InChI=1S/C13H11ClOS/c1-8-4-3-5-10(11(8)14)12(15)13-9(2)6-7-16-13/h3-7H,1-2H3. The van der Waals surface area contributed by atoms with E-state index >= 15 is 0 Å². The molecule has 0 bridgehead atoms. The first-order chi connectivity index (χ1) is 7.61. The maximum Gasteiger partial charge on any atom is 0.204 e. The van der Waals surface area contributed by atoms with Crippen LogP contribution in [-0.4, -0.2) is 5.78 Å². The first kappa shape index (κ1) is 11.4. The van der Waals surface area contributed by atoms with Crippen molar-refractivity contribution < 1.29 is 4.79 Å². The summed E-state index contributed by atoms with van der Waals surface area (Å²) in [6, 6.07) is 7.48. The highest BCUT2D eigenvalue weighted by molar-refractivity contribution is 7.12. The summed E-state index contributed by atoms with van der Waals surface area (Å²) in [5.41, 5.74) is 2.53. The van der Waals surface area contributed by atoms with Crippen molar-refractivity contribution >= 4 is 28.7 Å². The number of benzene rings is 1. The van der Waals surface area contributed by atoms with E-state index in [1.165, 1.54) is 11.3 Å². The van der Waals surface area contributed by atoms with Crippen molar-refractivity contribution in [1.29, 1.82) is 0 Å². The number of carbonyl (C=O) groups excluding carboxylic acids is 1. The van der Waals surface area contributed by atoms with Gasteiger partial charge in [0.15, 0.2) is 0 Å². The zero-order valence-electron chi connectivity index (χ0n) is 9.08. The highest BCUT2D eigenvalue weighted by atomic mass is 35.5. The highest BCUT2D eigenvalue weighted by Gasteiger charge is 2.16. The molecule has 0 radical (unpaired) electrons. The molecule has 1 aromatic heterocycles. The molecule has 0 unspecified atom stereocenters. The van der Waals surface area contributed by atoms with Crippen LogP contribution in [0.1, 0.15) is 26.4 Å². The van der Waals surface area contributed by atoms with Crippen LogP contribution in [0.5, 0.6) is 0 Å². The lowest BCUT2D eigenvalue weighted by Gasteiger charge is -2.05. The van der Waals surface area contributed by atoms with E-state index in [1.807, 2.05) is 37.4 Å². The van der Waals surface area contributed by atoms with Crippen LogP contribution in [0.2, 0.25) is 5.02 Å². The molecule has 0 N–H and O–H groups in total. The molecule has 2 aromatic rings. The number of carbonyl (C=O) groups is 1. The molecule has 1 aromatic carbocycles. The van der Waals surface area contributed by atoms with Crippen LogP contribution in [0.4, 0.5) is 0 Å². The van der Waals surface area contributed by atoms with E-state index < -0.39 is 0 Å². The van der Waals surface area contributed by atoms with Gasteiger partial charge < -0.3 is 0 Å². The van der Waals surface area contributed by atoms with Crippen LogP contribution in [0.3, 0.4) is 0 Å². The number of ketones is 1. The Bertz CT molecular complexity index is 543. The van der Waals surface area contributed by atoms with E-state index in [0.29, 0.717) is 10.6 Å². The third-order valence-electron chi connectivity index (χ3n) is 2.50. The van der Waals surface area contributed by atoms with Gasteiger partial charge in [-0.25, -0.2) is 0 Å². The topological polar surface area (TPSA) is 17.1 Å². The van der Waals surface area contributed by atoms with E-state index in [2.05, 4.69) is 0 Å². The Kier molecular flexibility index (Phi) is 3.13. The van der Waals surface area contributed by atoms with Gasteiger partial charge >= 0.3 is 0 Å². The summed E-state index contributed by atoms with van der Waals surface area (Å²) in [6.07, 6.45) is 0. The molecule has 82 valence electrons. The van der Waals surface area contributed by atoms with Crippen LogP contribution in [0.25, 0.3) is 0 Å². The van der Waals surface area contributed by atoms with Crippen molar-refractivity contribution in [3.05, 3.63) is 56.2 Å². The number of halogens is 1. The van der Waals surface area contributed by atoms with Gasteiger partial charge in [-0.2, -0.15) is 0 Å². The fraction of sp³-hybridized carbons (Fsp3) is 0.154. The Morgan fingerprint density at radius 2 is 1.94 bits per heavy atom. The lowest BCUT2D eigenvalue weighted by Crippen LogP contribution is -2.02. The van der Waals surface area contributed by atoms with Crippen molar-refractivity contribution in [2.75, 3.05) is 0 Å². The quantitative estimate of drug-likeness (QED) is 0.729. The molecule has 0 aliphatic heterocycles. The predicted octanol–water partition coefficient (Wildman–Crippen LogP) is 4.25. The van der Waals surface area contributed by atoms with Crippen LogP contribution in [-0.2, 0) is 0 Å². The molecular weight excluding hydrogens is 240 g/mol. The molecule has 16 heavy (non-hydrogen) atoms. The third-order valence-corrected chi connectivity index (χ3v) is 4.02. The number of hydrogen-bond donors (Lipinski definition) is 0. The van der Waals surface area contributed by atoms with E-state index in [1.54, 1.807) is 6.07 Å². The Hall–Kier alpha value is -1.12. The van der Waals surface area contributed by atoms with Gasteiger partial charge in [-0.15, -0.1) is 11.3 Å². The number of rotatable bonds is 2. The largest absolute Gasteiger partial charge is 0.288 e. The third kappa shape index (κ3) is 1.91. The van der Waals surface area contributed by atoms with Crippen molar-refractivity contribution in [1.82, 2.24) is 0 Å². The fourth-order valence-corrected chi connectivity index (χ4v) is 2.64. The molecular formula is C13H11ClOS. The van der Waals surface area contributed by atoms with Crippen molar-refractivity contribution in [2.24, 2.45) is 0 Å². The predicted molar refractivity (Wildman–Crippen MR) is 68.7 cm³/mol. The molecule has 1 heterocycles. The molecule has 3 heteroatoms. The van der Waals surface area contributed by atoms with Gasteiger partial charge in [0.25, 0.3) is 0 Å². The Balaban J connectivity index is 2.50. The second-order valence-electron chi connectivity index (χ2n) is 3.70. The summed E-state index contributed by atoms with van der Waals surface area (Å²) in [5, 5.41) is 2.48. The van der Waals surface area contributed by atoms with Crippen LogP contribution in [0.15, 0.2) is 29.6 Å². The minimum absolute atomic E-state index is 0.0150. The molecule has 2 rings (SSSR count). The lowest BCUT2D eigenvalue weighted by atomic mass is 10.1. The second kappa shape index (κ2) is 4.40. The fourth-order valence-electron chi connectivity index (χ4n) is 1.55. The van der Waals surface area contributed by atoms with Crippen molar-refractivity contribution in [3.8, 4) is 0 Å². The maximum absolute atomic E-state index is 12.2. The maximum atomic E-state index is 12.2. The summed E-state index contributed by atoms with van der Waals surface area (Å²) in [7, 11) is 0. The average Bonchev–Trinajstić information content (AvgIpc) is 2.68. The normalized spacial score (nSPS) is 10.4. The van der Waals surface area contributed by atoms with E-state index in [4.69, 9.17) is 11.6 Å². The molecule has 0 aliphatic carbocycles. The minimum atomic E-state index is 0.0150. The summed E-state index contributed by atoms with van der Waals surface area (Å²) in [6.45, 7) is 3.84. The van der Waals surface area contributed by atoms with Gasteiger partial charge in [-0.3, -0.25) is 4.79 Å². The number of aryl methyl sites for hydroxylation is 2. The Labute approximate surface area is 104 Å². The van der Waals surface area contributed by atoms with Gasteiger partial charge in [0, 0.05) is 5.56 Å². The molecule has 0 fully saturated rings. The lowest BCUT2D eigenvalue weighted by molar-refractivity contribution is 0.104. The SMILES string of the molecule is Cc1ccsc1C(=O)c1cccc(C)c1Cl. The number of thiophene rings is 1.